The largest absolute Gasteiger partial charge is 0.494 e. The van der Waals surface area contributed by atoms with Crippen molar-refractivity contribution in [1.29, 1.82) is 0 Å². The Labute approximate surface area is 196 Å². The molecule has 2 aromatic carbocycles. The first-order chi connectivity index (χ1) is 15.3. The lowest BCUT2D eigenvalue weighted by molar-refractivity contribution is 0.102. The van der Waals surface area contributed by atoms with Crippen LogP contribution in [0.4, 0.5) is 10.8 Å². The number of nitrogens with zero attached hydrogens (tertiary/aromatic N) is 2. The zero-order valence-electron chi connectivity index (χ0n) is 17.6. The predicted octanol–water partition coefficient (Wildman–Crippen LogP) is 4.99. The molecule has 0 aliphatic heterocycles. The summed E-state index contributed by atoms with van der Waals surface area (Å²) in [4.78, 5) is 12.6. The van der Waals surface area contributed by atoms with Gasteiger partial charge in [0.25, 0.3) is 15.9 Å². The number of halogens is 1. The van der Waals surface area contributed by atoms with Gasteiger partial charge in [0.05, 0.1) is 22.1 Å². The standard InChI is InChI=1S/C21H23ClN4O4S2/c1-3-5-6-19-24-25-21(31-19)23-20(27)17-13-16(11-12-18(17)22)32(28,29)26-14-7-9-15(10-8-14)30-4-2/h7-13,26H,3-6H2,1-2H3,(H,23,25,27). The highest BCUT2D eigenvalue weighted by atomic mass is 35.5. The van der Waals surface area contributed by atoms with E-state index in [2.05, 4.69) is 27.2 Å². The van der Waals surface area contributed by atoms with Crippen molar-refractivity contribution in [3.05, 3.63) is 58.1 Å². The minimum Gasteiger partial charge on any atom is -0.494 e. The van der Waals surface area contributed by atoms with Crippen LogP contribution in [0, 0.1) is 0 Å². The van der Waals surface area contributed by atoms with Gasteiger partial charge in [-0.25, -0.2) is 8.42 Å². The number of nitrogens with one attached hydrogen (secondary N) is 2. The van der Waals surface area contributed by atoms with E-state index in [1.165, 1.54) is 29.5 Å². The average molecular weight is 495 g/mol. The number of benzene rings is 2. The molecule has 0 spiro atoms. The van der Waals surface area contributed by atoms with Gasteiger partial charge in [0.1, 0.15) is 10.8 Å². The number of hydrogen-bond acceptors (Lipinski definition) is 7. The number of anilines is 2. The first-order valence-corrected chi connectivity index (χ1v) is 12.7. The van der Waals surface area contributed by atoms with Crippen LogP contribution in [0.25, 0.3) is 0 Å². The molecule has 8 nitrogen and oxygen atoms in total. The number of aromatic nitrogens is 2. The first-order valence-electron chi connectivity index (χ1n) is 10.0. The van der Waals surface area contributed by atoms with Gasteiger partial charge in [-0.15, -0.1) is 10.2 Å². The van der Waals surface area contributed by atoms with Crippen molar-refractivity contribution in [3.8, 4) is 5.75 Å². The molecule has 0 bridgehead atoms. The van der Waals surface area contributed by atoms with Crippen LogP contribution >= 0.6 is 22.9 Å². The van der Waals surface area contributed by atoms with E-state index < -0.39 is 15.9 Å². The van der Waals surface area contributed by atoms with E-state index in [-0.39, 0.29) is 15.5 Å². The minimum absolute atomic E-state index is 0.0199. The van der Waals surface area contributed by atoms with Crippen LogP contribution in [0.2, 0.25) is 5.02 Å². The molecule has 3 aromatic rings. The molecule has 0 unspecified atom stereocenters. The van der Waals surface area contributed by atoms with Gasteiger partial charge in [-0.2, -0.15) is 0 Å². The third kappa shape index (κ3) is 6.18. The molecule has 1 aromatic heterocycles. The zero-order chi connectivity index (χ0) is 23.1. The molecule has 0 atom stereocenters. The summed E-state index contributed by atoms with van der Waals surface area (Å²) in [6, 6.07) is 10.5. The normalized spacial score (nSPS) is 11.2. The van der Waals surface area contributed by atoms with Gasteiger partial charge in [0, 0.05) is 12.1 Å². The molecular weight excluding hydrogens is 472 g/mol. The van der Waals surface area contributed by atoms with Gasteiger partial charge in [0.15, 0.2) is 0 Å². The fourth-order valence-corrected chi connectivity index (χ4v) is 4.81. The molecule has 0 saturated carbocycles. The predicted molar refractivity (Wildman–Crippen MR) is 126 cm³/mol. The van der Waals surface area contributed by atoms with Crippen molar-refractivity contribution in [1.82, 2.24) is 10.2 Å². The van der Waals surface area contributed by atoms with Crippen molar-refractivity contribution in [2.24, 2.45) is 0 Å². The number of unbranched alkanes of at least 4 members (excludes halogenated alkanes) is 1. The summed E-state index contributed by atoms with van der Waals surface area (Å²) in [6.07, 6.45) is 2.80. The van der Waals surface area contributed by atoms with Crippen LogP contribution in [0.15, 0.2) is 47.4 Å². The number of carbonyl (C=O) groups excluding carboxylic acids is 1. The number of amides is 1. The molecule has 1 amide bonds. The van der Waals surface area contributed by atoms with E-state index >= 15 is 0 Å². The van der Waals surface area contributed by atoms with Gasteiger partial charge < -0.3 is 4.74 Å². The highest BCUT2D eigenvalue weighted by molar-refractivity contribution is 7.92. The SMILES string of the molecule is CCCCc1nnc(NC(=O)c2cc(S(=O)(=O)Nc3ccc(OCC)cc3)ccc2Cl)s1. The Morgan fingerprint density at radius 2 is 1.88 bits per heavy atom. The number of carbonyl (C=O) groups is 1. The summed E-state index contributed by atoms with van der Waals surface area (Å²) in [7, 11) is -3.95. The third-order valence-corrected chi connectivity index (χ3v) is 6.95. The Balaban J connectivity index is 1.76. The topological polar surface area (TPSA) is 110 Å². The van der Waals surface area contributed by atoms with E-state index in [1.54, 1.807) is 24.3 Å². The summed E-state index contributed by atoms with van der Waals surface area (Å²) in [5, 5.41) is 11.9. The molecular formula is C21H23ClN4O4S2. The number of aryl methyl sites for hydroxylation is 1. The monoisotopic (exact) mass is 494 g/mol. The Kier molecular flexibility index (Phi) is 8.05. The molecule has 0 fully saturated rings. The maximum Gasteiger partial charge on any atom is 0.261 e. The molecule has 1 heterocycles. The van der Waals surface area contributed by atoms with Crippen molar-refractivity contribution >= 4 is 49.7 Å². The van der Waals surface area contributed by atoms with Crippen LogP contribution in [-0.4, -0.2) is 31.1 Å². The molecule has 32 heavy (non-hydrogen) atoms. The number of hydrogen-bond donors (Lipinski definition) is 2. The molecule has 0 saturated heterocycles. The van der Waals surface area contributed by atoms with Gasteiger partial charge in [0.2, 0.25) is 5.13 Å². The van der Waals surface area contributed by atoms with Crippen molar-refractivity contribution in [2.45, 2.75) is 38.0 Å². The Hall–Kier alpha value is -2.69. The van der Waals surface area contributed by atoms with Crippen molar-refractivity contribution < 1.29 is 17.9 Å². The molecule has 2 N–H and O–H groups in total. The number of ether oxygens (including phenoxy) is 1. The highest BCUT2D eigenvalue weighted by Gasteiger charge is 2.20. The molecule has 0 aliphatic rings. The zero-order valence-corrected chi connectivity index (χ0v) is 20.0. The Morgan fingerprint density at radius 3 is 2.56 bits per heavy atom. The summed E-state index contributed by atoms with van der Waals surface area (Å²) in [6.45, 7) is 4.45. The molecule has 0 radical (unpaired) electrons. The van der Waals surface area contributed by atoms with Crippen LogP contribution in [0.3, 0.4) is 0 Å². The number of sulfonamides is 1. The maximum atomic E-state index is 12.8. The van der Waals surface area contributed by atoms with Crippen LogP contribution in [0.1, 0.15) is 42.1 Å². The second-order valence-electron chi connectivity index (χ2n) is 6.76. The van der Waals surface area contributed by atoms with Gasteiger partial charge in [-0.3, -0.25) is 14.8 Å². The van der Waals surface area contributed by atoms with E-state index in [0.29, 0.717) is 23.2 Å². The lowest BCUT2D eigenvalue weighted by atomic mass is 10.2. The summed E-state index contributed by atoms with van der Waals surface area (Å²) >= 11 is 7.45. The molecule has 11 heteroatoms. The maximum absolute atomic E-state index is 12.8. The van der Waals surface area contributed by atoms with Crippen LogP contribution < -0.4 is 14.8 Å². The minimum atomic E-state index is -3.95. The Morgan fingerprint density at radius 1 is 1.12 bits per heavy atom. The van der Waals surface area contributed by atoms with E-state index in [1.807, 2.05) is 6.92 Å². The van der Waals surface area contributed by atoms with E-state index in [4.69, 9.17) is 16.3 Å². The average Bonchev–Trinajstić information content (AvgIpc) is 3.21. The van der Waals surface area contributed by atoms with E-state index in [9.17, 15) is 13.2 Å². The van der Waals surface area contributed by atoms with Crippen molar-refractivity contribution in [3.63, 3.8) is 0 Å². The number of rotatable bonds is 10. The van der Waals surface area contributed by atoms with Gasteiger partial charge >= 0.3 is 0 Å². The summed E-state index contributed by atoms with van der Waals surface area (Å²) in [5.74, 6) is 0.0711. The lowest BCUT2D eigenvalue weighted by Crippen LogP contribution is -2.16. The van der Waals surface area contributed by atoms with Crippen LogP contribution in [-0.2, 0) is 16.4 Å². The summed E-state index contributed by atoms with van der Waals surface area (Å²) < 4.78 is 33.5. The highest BCUT2D eigenvalue weighted by Crippen LogP contribution is 2.25. The molecule has 3 rings (SSSR count). The van der Waals surface area contributed by atoms with E-state index in [0.717, 1.165) is 24.3 Å². The fourth-order valence-electron chi connectivity index (χ4n) is 2.74. The lowest BCUT2D eigenvalue weighted by Gasteiger charge is -2.11. The fraction of sp³-hybridized carbons (Fsp3) is 0.286. The summed E-state index contributed by atoms with van der Waals surface area (Å²) in [5.41, 5.74) is 0.384. The first kappa shape index (κ1) is 24.0. The van der Waals surface area contributed by atoms with Gasteiger partial charge in [-0.1, -0.05) is 36.3 Å². The quantitative estimate of drug-likeness (QED) is 0.411. The second-order valence-corrected chi connectivity index (χ2v) is 9.91. The van der Waals surface area contributed by atoms with Gasteiger partial charge in [-0.05, 0) is 55.8 Å². The third-order valence-electron chi connectivity index (χ3n) is 4.34. The molecule has 0 aliphatic carbocycles. The second kappa shape index (κ2) is 10.8. The molecule has 170 valence electrons. The smallest absolute Gasteiger partial charge is 0.261 e. The van der Waals surface area contributed by atoms with Crippen molar-refractivity contribution in [2.75, 3.05) is 16.6 Å². The Bertz CT molecular complexity index is 1180. The van der Waals surface area contributed by atoms with Crippen LogP contribution in [0.5, 0.6) is 5.75 Å².